The van der Waals surface area contributed by atoms with Crippen LogP contribution in [0, 0.1) is 0 Å². The summed E-state index contributed by atoms with van der Waals surface area (Å²) in [5.41, 5.74) is 0.964. The van der Waals surface area contributed by atoms with Crippen molar-refractivity contribution in [2.45, 2.75) is 6.42 Å². The Labute approximate surface area is 94.0 Å². The minimum atomic E-state index is -2.52. The number of amides is 1. The van der Waals surface area contributed by atoms with Crippen molar-refractivity contribution in [1.82, 2.24) is 4.98 Å². The van der Waals surface area contributed by atoms with Crippen LogP contribution in [0.25, 0.3) is 0 Å². The monoisotopic (exact) mass is 245 g/mol. The SMILES string of the molecule is O=C(O)Nc1ccc(CCOS(=O)[O-])nc1. The van der Waals surface area contributed by atoms with Crippen molar-refractivity contribution in [3.8, 4) is 0 Å². The van der Waals surface area contributed by atoms with Gasteiger partial charge in [0.2, 0.25) is 0 Å². The fraction of sp³-hybridized carbons (Fsp3) is 0.250. The van der Waals surface area contributed by atoms with Crippen LogP contribution in [-0.4, -0.2) is 31.6 Å². The lowest BCUT2D eigenvalue weighted by atomic mass is 10.3. The van der Waals surface area contributed by atoms with Gasteiger partial charge in [-0.1, -0.05) is 0 Å². The molecular formula is C8H9N2O5S-. The molecule has 7 nitrogen and oxygen atoms in total. The Bertz CT molecular complexity index is 381. The molecule has 1 rings (SSSR count). The lowest BCUT2D eigenvalue weighted by molar-refractivity contribution is 0.209. The summed E-state index contributed by atoms with van der Waals surface area (Å²) in [6.45, 7) is 0.00875. The first-order chi connectivity index (χ1) is 7.58. The molecule has 0 aliphatic rings. The van der Waals surface area contributed by atoms with E-state index >= 15 is 0 Å². The van der Waals surface area contributed by atoms with E-state index in [1.165, 1.54) is 12.3 Å². The number of nitrogens with one attached hydrogen (secondary N) is 1. The maximum Gasteiger partial charge on any atom is 0.409 e. The highest BCUT2D eigenvalue weighted by molar-refractivity contribution is 7.74. The van der Waals surface area contributed by atoms with Crippen LogP contribution in [0.5, 0.6) is 0 Å². The van der Waals surface area contributed by atoms with Gasteiger partial charge < -0.3 is 13.8 Å². The van der Waals surface area contributed by atoms with E-state index in [2.05, 4.69) is 14.5 Å². The Morgan fingerprint density at radius 1 is 1.62 bits per heavy atom. The number of nitrogens with zero attached hydrogens (tertiary/aromatic N) is 1. The molecule has 1 amide bonds. The largest absolute Gasteiger partial charge is 0.750 e. The topological polar surface area (TPSA) is 112 Å². The van der Waals surface area contributed by atoms with Gasteiger partial charge in [-0.3, -0.25) is 10.3 Å². The summed E-state index contributed by atoms with van der Waals surface area (Å²) >= 11 is -2.52. The molecule has 1 aromatic rings. The first-order valence-electron chi connectivity index (χ1n) is 4.25. The Morgan fingerprint density at radius 3 is 2.88 bits per heavy atom. The van der Waals surface area contributed by atoms with E-state index in [-0.39, 0.29) is 6.61 Å². The number of rotatable bonds is 5. The second-order valence-corrected chi connectivity index (χ2v) is 3.39. The van der Waals surface area contributed by atoms with Crippen LogP contribution in [0.1, 0.15) is 5.69 Å². The Hall–Kier alpha value is -1.51. The highest BCUT2D eigenvalue weighted by Gasteiger charge is 1.99. The summed E-state index contributed by atoms with van der Waals surface area (Å²) in [4.78, 5) is 14.2. The third-order valence-corrected chi connectivity index (χ3v) is 1.97. The van der Waals surface area contributed by atoms with Crippen molar-refractivity contribution in [1.29, 1.82) is 0 Å². The van der Waals surface area contributed by atoms with Crippen molar-refractivity contribution in [3.63, 3.8) is 0 Å². The molecular weight excluding hydrogens is 236 g/mol. The predicted molar refractivity (Wildman–Crippen MR) is 54.5 cm³/mol. The van der Waals surface area contributed by atoms with Crippen LogP contribution in [0.4, 0.5) is 10.5 Å². The maximum absolute atomic E-state index is 10.3. The highest BCUT2D eigenvalue weighted by atomic mass is 32.2. The number of anilines is 1. The molecule has 0 aromatic carbocycles. The Balaban J connectivity index is 2.45. The van der Waals surface area contributed by atoms with Gasteiger partial charge in [0.1, 0.15) is 0 Å². The molecule has 0 bridgehead atoms. The minimum absolute atomic E-state index is 0.00875. The summed E-state index contributed by atoms with van der Waals surface area (Å²) < 4.78 is 24.4. The van der Waals surface area contributed by atoms with Crippen molar-refractivity contribution in [2.75, 3.05) is 11.9 Å². The number of pyridine rings is 1. The van der Waals surface area contributed by atoms with E-state index in [9.17, 15) is 13.6 Å². The van der Waals surface area contributed by atoms with Crippen molar-refractivity contribution in [3.05, 3.63) is 24.0 Å². The number of hydrogen-bond donors (Lipinski definition) is 2. The van der Waals surface area contributed by atoms with E-state index in [4.69, 9.17) is 5.11 Å². The minimum Gasteiger partial charge on any atom is -0.750 e. The van der Waals surface area contributed by atoms with Gasteiger partial charge >= 0.3 is 6.09 Å². The number of carboxylic acid groups (broad SMARTS) is 1. The van der Waals surface area contributed by atoms with Crippen molar-refractivity contribution < 1.29 is 22.8 Å². The molecule has 0 aliphatic carbocycles. The van der Waals surface area contributed by atoms with Crippen molar-refractivity contribution >= 4 is 23.1 Å². The molecule has 0 saturated carbocycles. The van der Waals surface area contributed by atoms with Crippen LogP contribution in [0.3, 0.4) is 0 Å². The van der Waals surface area contributed by atoms with Crippen molar-refractivity contribution in [2.24, 2.45) is 0 Å². The lowest BCUT2D eigenvalue weighted by Gasteiger charge is -2.05. The summed E-state index contributed by atoms with van der Waals surface area (Å²) in [5.74, 6) is 0. The van der Waals surface area contributed by atoms with E-state index in [1.54, 1.807) is 6.07 Å². The molecule has 1 unspecified atom stereocenters. The standard InChI is InChI=1S/C8H10N2O5S/c11-8(12)10-7-2-1-6(9-5-7)3-4-15-16(13)14/h1-2,5,10H,3-4H2,(H,11,12)(H,13,14)/p-1. The molecule has 0 fully saturated rings. The van der Waals surface area contributed by atoms with Gasteiger partial charge in [-0.15, -0.1) is 0 Å². The molecule has 1 atom stereocenters. The first kappa shape index (κ1) is 12.6. The predicted octanol–water partition coefficient (Wildman–Crippen LogP) is 0.525. The van der Waals surface area contributed by atoms with E-state index < -0.39 is 17.5 Å². The number of hydrogen-bond acceptors (Lipinski definition) is 5. The van der Waals surface area contributed by atoms with E-state index in [1.807, 2.05) is 0 Å². The summed E-state index contributed by atoms with van der Waals surface area (Å²) in [5, 5.41) is 10.5. The molecule has 0 spiro atoms. The van der Waals surface area contributed by atoms with Crippen LogP contribution < -0.4 is 5.32 Å². The maximum atomic E-state index is 10.3. The van der Waals surface area contributed by atoms with Gasteiger partial charge in [0.25, 0.3) is 0 Å². The van der Waals surface area contributed by atoms with Gasteiger partial charge in [-0.2, -0.15) is 0 Å². The van der Waals surface area contributed by atoms with Crippen LogP contribution in [-0.2, 0) is 22.0 Å². The fourth-order valence-electron chi connectivity index (χ4n) is 0.984. The molecule has 0 radical (unpaired) electrons. The average Bonchev–Trinajstić information content (AvgIpc) is 2.19. The summed E-state index contributed by atoms with van der Waals surface area (Å²) in [7, 11) is 0. The molecule has 8 heteroatoms. The second kappa shape index (κ2) is 6.16. The zero-order valence-corrected chi connectivity index (χ0v) is 8.90. The van der Waals surface area contributed by atoms with Gasteiger partial charge in [0.05, 0.1) is 29.9 Å². The third kappa shape index (κ3) is 4.82. The van der Waals surface area contributed by atoms with Gasteiger partial charge in [0, 0.05) is 12.1 Å². The quantitative estimate of drug-likeness (QED) is 0.731. The molecule has 2 N–H and O–H groups in total. The van der Waals surface area contributed by atoms with E-state index in [0.29, 0.717) is 17.8 Å². The van der Waals surface area contributed by atoms with Gasteiger partial charge in [0.15, 0.2) is 0 Å². The van der Waals surface area contributed by atoms with Crippen LogP contribution in [0.2, 0.25) is 0 Å². The molecule has 16 heavy (non-hydrogen) atoms. The Morgan fingerprint density at radius 2 is 2.38 bits per heavy atom. The highest BCUT2D eigenvalue weighted by Crippen LogP contribution is 2.06. The lowest BCUT2D eigenvalue weighted by Crippen LogP contribution is -2.08. The molecule has 1 aromatic heterocycles. The average molecular weight is 245 g/mol. The number of aromatic nitrogens is 1. The Kier molecular flexibility index (Phi) is 4.83. The molecule has 0 saturated heterocycles. The molecule has 1 heterocycles. The van der Waals surface area contributed by atoms with E-state index in [0.717, 1.165) is 0 Å². The number of carbonyl (C=O) groups is 1. The first-order valence-corrected chi connectivity index (χ1v) is 5.25. The third-order valence-electron chi connectivity index (χ3n) is 1.61. The van der Waals surface area contributed by atoms with Crippen LogP contribution in [0.15, 0.2) is 18.3 Å². The summed E-state index contributed by atoms with van der Waals surface area (Å²) in [6.07, 6.45) is 0.513. The molecule has 0 aliphatic heterocycles. The zero-order chi connectivity index (χ0) is 12.0. The van der Waals surface area contributed by atoms with Crippen LogP contribution >= 0.6 is 0 Å². The normalized spacial score (nSPS) is 12.1. The van der Waals surface area contributed by atoms with Gasteiger partial charge in [-0.05, 0) is 12.1 Å². The summed E-state index contributed by atoms with van der Waals surface area (Å²) in [6, 6.07) is 3.12. The second-order valence-electron chi connectivity index (χ2n) is 2.74. The van der Waals surface area contributed by atoms with Gasteiger partial charge in [-0.25, -0.2) is 9.00 Å². The molecule has 88 valence electrons. The smallest absolute Gasteiger partial charge is 0.409 e. The zero-order valence-electron chi connectivity index (χ0n) is 8.08. The fourth-order valence-corrected chi connectivity index (χ4v) is 1.20.